The highest BCUT2D eigenvalue weighted by Crippen LogP contribution is 2.29. The lowest BCUT2D eigenvalue weighted by Crippen LogP contribution is -1.95. The van der Waals surface area contributed by atoms with Crippen molar-refractivity contribution in [1.29, 1.82) is 0 Å². The zero-order chi connectivity index (χ0) is 11.0. The first kappa shape index (κ1) is 8.84. The van der Waals surface area contributed by atoms with Crippen LogP contribution in [0.2, 0.25) is 0 Å². The first-order valence-corrected chi connectivity index (χ1v) is 4.86. The molecule has 0 unspecified atom stereocenters. The first-order valence-electron chi connectivity index (χ1n) is 4.86. The fraction of sp³-hybridized carbons (Fsp3) is 0. The number of nitrogens with two attached hydrogens (primary N) is 1. The van der Waals surface area contributed by atoms with E-state index in [4.69, 9.17) is 5.73 Å². The Bertz CT molecular complexity index is 643. The van der Waals surface area contributed by atoms with Gasteiger partial charge < -0.3 is 5.73 Å². The maximum absolute atomic E-state index is 5.80. The topological polar surface area (TPSA) is 80.5 Å². The van der Waals surface area contributed by atoms with E-state index in [1.807, 2.05) is 24.3 Å². The summed E-state index contributed by atoms with van der Waals surface area (Å²) in [7, 11) is 0. The molecule has 16 heavy (non-hydrogen) atoms. The highest BCUT2D eigenvalue weighted by Gasteiger charge is 2.08. The summed E-state index contributed by atoms with van der Waals surface area (Å²) in [4.78, 5) is 0. The van der Waals surface area contributed by atoms with Crippen molar-refractivity contribution in [3.63, 3.8) is 0 Å². The number of hydrogen-bond donors (Lipinski definition) is 2. The molecular formula is C11H9N5. The lowest BCUT2D eigenvalue weighted by atomic mass is 10.0. The summed E-state index contributed by atoms with van der Waals surface area (Å²) in [5.74, 6) is 0.421. The maximum atomic E-state index is 5.80. The second kappa shape index (κ2) is 3.30. The summed E-state index contributed by atoms with van der Waals surface area (Å²) in [6, 6.07) is 7.78. The number of rotatable bonds is 1. The molecule has 0 aliphatic rings. The van der Waals surface area contributed by atoms with Gasteiger partial charge in [-0.05, 0) is 6.07 Å². The minimum absolute atomic E-state index is 0.421. The summed E-state index contributed by atoms with van der Waals surface area (Å²) >= 11 is 0. The number of aromatic nitrogens is 4. The molecule has 1 aromatic carbocycles. The Morgan fingerprint density at radius 1 is 1.12 bits per heavy atom. The second-order valence-electron chi connectivity index (χ2n) is 3.47. The number of nitrogens with one attached hydrogen (secondary N) is 1. The van der Waals surface area contributed by atoms with Crippen molar-refractivity contribution in [3.8, 4) is 11.1 Å². The van der Waals surface area contributed by atoms with Crippen LogP contribution in [0, 0.1) is 0 Å². The van der Waals surface area contributed by atoms with Crippen LogP contribution in [0.3, 0.4) is 0 Å². The molecule has 0 saturated heterocycles. The van der Waals surface area contributed by atoms with Crippen molar-refractivity contribution in [3.05, 3.63) is 36.7 Å². The lowest BCUT2D eigenvalue weighted by Gasteiger charge is -2.04. The molecule has 3 aromatic rings. The lowest BCUT2D eigenvalue weighted by molar-refractivity contribution is 1.04. The van der Waals surface area contributed by atoms with Crippen LogP contribution >= 0.6 is 0 Å². The van der Waals surface area contributed by atoms with Crippen molar-refractivity contribution < 1.29 is 0 Å². The van der Waals surface area contributed by atoms with E-state index < -0.39 is 0 Å². The first-order chi connectivity index (χ1) is 7.86. The molecule has 2 heterocycles. The van der Waals surface area contributed by atoms with Crippen LogP contribution in [0.1, 0.15) is 0 Å². The zero-order valence-electron chi connectivity index (χ0n) is 8.38. The van der Waals surface area contributed by atoms with Crippen LogP contribution < -0.4 is 5.73 Å². The quantitative estimate of drug-likeness (QED) is 0.640. The molecule has 0 atom stereocenters. The Morgan fingerprint density at radius 3 is 2.94 bits per heavy atom. The molecule has 0 amide bonds. The number of anilines is 1. The summed E-state index contributed by atoms with van der Waals surface area (Å²) in [6.07, 6.45) is 3.41. The van der Waals surface area contributed by atoms with Gasteiger partial charge >= 0.3 is 0 Å². The third-order valence-corrected chi connectivity index (χ3v) is 2.52. The van der Waals surface area contributed by atoms with E-state index in [2.05, 4.69) is 20.4 Å². The summed E-state index contributed by atoms with van der Waals surface area (Å²) in [6.45, 7) is 0. The molecule has 0 bridgehead atoms. The number of benzene rings is 1. The van der Waals surface area contributed by atoms with Crippen LogP contribution in [-0.2, 0) is 0 Å². The fourth-order valence-corrected chi connectivity index (χ4v) is 1.76. The zero-order valence-corrected chi connectivity index (χ0v) is 8.38. The Morgan fingerprint density at radius 2 is 2.06 bits per heavy atom. The van der Waals surface area contributed by atoms with Gasteiger partial charge in [0, 0.05) is 16.5 Å². The smallest absolute Gasteiger partial charge is 0.154 e. The van der Waals surface area contributed by atoms with Gasteiger partial charge in [0.25, 0.3) is 0 Å². The van der Waals surface area contributed by atoms with Gasteiger partial charge in [0.2, 0.25) is 0 Å². The SMILES string of the molecule is Nc1nnccc1-c1cccc2cn[nH]c12. The van der Waals surface area contributed by atoms with Gasteiger partial charge in [-0.2, -0.15) is 10.2 Å². The molecule has 3 rings (SSSR count). The molecule has 0 aliphatic carbocycles. The third-order valence-electron chi connectivity index (χ3n) is 2.52. The van der Waals surface area contributed by atoms with Crippen LogP contribution in [0.5, 0.6) is 0 Å². The molecule has 0 aliphatic heterocycles. The maximum Gasteiger partial charge on any atom is 0.154 e. The van der Waals surface area contributed by atoms with E-state index in [-0.39, 0.29) is 0 Å². The molecule has 2 aromatic heterocycles. The van der Waals surface area contributed by atoms with Crippen LogP contribution in [0.25, 0.3) is 22.0 Å². The van der Waals surface area contributed by atoms with E-state index in [1.165, 1.54) is 0 Å². The minimum Gasteiger partial charge on any atom is -0.382 e. The van der Waals surface area contributed by atoms with Crippen LogP contribution in [0.15, 0.2) is 36.7 Å². The predicted octanol–water partition coefficient (Wildman–Crippen LogP) is 1.60. The number of H-pyrrole nitrogens is 1. The molecule has 5 heteroatoms. The summed E-state index contributed by atoms with van der Waals surface area (Å²) in [5.41, 5.74) is 8.62. The number of hydrogen-bond acceptors (Lipinski definition) is 4. The normalized spacial score (nSPS) is 10.8. The Balaban J connectivity index is 2.34. The largest absolute Gasteiger partial charge is 0.382 e. The average molecular weight is 211 g/mol. The monoisotopic (exact) mass is 211 g/mol. The molecule has 3 N–H and O–H groups in total. The van der Waals surface area contributed by atoms with Gasteiger partial charge in [-0.1, -0.05) is 18.2 Å². The van der Waals surface area contributed by atoms with Crippen molar-refractivity contribution in [2.45, 2.75) is 0 Å². The van der Waals surface area contributed by atoms with E-state index in [1.54, 1.807) is 12.4 Å². The van der Waals surface area contributed by atoms with Crippen LogP contribution in [-0.4, -0.2) is 20.4 Å². The van der Waals surface area contributed by atoms with Crippen molar-refractivity contribution in [1.82, 2.24) is 20.4 Å². The molecule has 0 spiro atoms. The van der Waals surface area contributed by atoms with Crippen molar-refractivity contribution in [2.75, 3.05) is 5.73 Å². The fourth-order valence-electron chi connectivity index (χ4n) is 1.76. The Hall–Kier alpha value is -2.43. The number of fused-ring (bicyclic) bond motifs is 1. The van der Waals surface area contributed by atoms with Gasteiger partial charge in [-0.25, -0.2) is 0 Å². The molecule has 0 radical (unpaired) electrons. The second-order valence-corrected chi connectivity index (χ2v) is 3.47. The molecule has 5 nitrogen and oxygen atoms in total. The van der Waals surface area contributed by atoms with Gasteiger partial charge in [-0.3, -0.25) is 5.10 Å². The van der Waals surface area contributed by atoms with E-state index in [9.17, 15) is 0 Å². The number of para-hydroxylation sites is 1. The van der Waals surface area contributed by atoms with E-state index >= 15 is 0 Å². The average Bonchev–Trinajstić information content (AvgIpc) is 2.77. The molecule has 78 valence electrons. The summed E-state index contributed by atoms with van der Waals surface area (Å²) < 4.78 is 0. The van der Waals surface area contributed by atoms with E-state index in [0.29, 0.717) is 5.82 Å². The molecule has 0 fully saturated rings. The number of nitrogen functional groups attached to an aromatic ring is 1. The van der Waals surface area contributed by atoms with Crippen molar-refractivity contribution in [2.24, 2.45) is 0 Å². The highest BCUT2D eigenvalue weighted by molar-refractivity contribution is 5.95. The van der Waals surface area contributed by atoms with Gasteiger partial charge in [0.05, 0.1) is 17.9 Å². The number of nitrogens with zero attached hydrogens (tertiary/aromatic N) is 3. The predicted molar refractivity (Wildman–Crippen MR) is 61.5 cm³/mol. The Labute approximate surface area is 91.3 Å². The standard InChI is InChI=1S/C11H9N5/c12-11-9(4-5-13-16-11)8-3-1-2-7-6-14-15-10(7)8/h1-6H,(H2,12,16)(H,14,15). The van der Waals surface area contributed by atoms with E-state index in [0.717, 1.165) is 22.0 Å². The Kier molecular flexibility index (Phi) is 1.83. The number of aromatic amines is 1. The molecule has 0 saturated carbocycles. The highest BCUT2D eigenvalue weighted by atomic mass is 15.1. The van der Waals surface area contributed by atoms with Crippen LogP contribution in [0.4, 0.5) is 5.82 Å². The van der Waals surface area contributed by atoms with Gasteiger partial charge in [-0.15, -0.1) is 5.10 Å². The van der Waals surface area contributed by atoms with Crippen molar-refractivity contribution >= 4 is 16.7 Å². The van der Waals surface area contributed by atoms with Gasteiger partial charge in [0.15, 0.2) is 5.82 Å². The minimum atomic E-state index is 0.421. The third kappa shape index (κ3) is 1.22. The molecular weight excluding hydrogens is 202 g/mol. The summed E-state index contributed by atoms with van der Waals surface area (Å²) in [5, 5.41) is 15.6. The van der Waals surface area contributed by atoms with Gasteiger partial charge in [0.1, 0.15) is 0 Å².